The van der Waals surface area contributed by atoms with Gasteiger partial charge < -0.3 is 9.80 Å². The van der Waals surface area contributed by atoms with Crippen LogP contribution in [-0.2, 0) is 14.6 Å². The number of amides is 1. The molecule has 0 aliphatic carbocycles. The number of anilines is 1. The predicted octanol–water partition coefficient (Wildman–Crippen LogP) is 3.67. The fraction of sp³-hybridized carbons (Fsp3) is 0.276. The summed E-state index contributed by atoms with van der Waals surface area (Å²) in [6.45, 7) is 8.87. The zero-order valence-electron chi connectivity index (χ0n) is 23.5. The molecule has 4 aromatic rings. The van der Waals surface area contributed by atoms with E-state index in [1.165, 1.54) is 38.3 Å². The summed E-state index contributed by atoms with van der Waals surface area (Å²) in [4.78, 5) is 41.7. The average molecular weight is 613 g/mol. The van der Waals surface area contributed by atoms with Gasteiger partial charge in [-0.05, 0) is 57.2 Å². The van der Waals surface area contributed by atoms with E-state index < -0.39 is 60.6 Å². The third-order valence-corrected chi connectivity index (χ3v) is 9.36. The summed E-state index contributed by atoms with van der Waals surface area (Å²) in [6, 6.07) is 6.28. The quantitative estimate of drug-likeness (QED) is 0.303. The van der Waals surface area contributed by atoms with E-state index in [0.29, 0.717) is 0 Å². The molecule has 1 aliphatic rings. The lowest BCUT2D eigenvalue weighted by Gasteiger charge is -2.40. The van der Waals surface area contributed by atoms with E-state index in [-0.39, 0.29) is 48.1 Å². The van der Waals surface area contributed by atoms with Crippen molar-refractivity contribution in [1.82, 2.24) is 24.4 Å². The first-order valence-electron chi connectivity index (χ1n) is 13.3. The van der Waals surface area contributed by atoms with Gasteiger partial charge >= 0.3 is 5.69 Å². The second-order valence-corrected chi connectivity index (χ2v) is 12.7. The van der Waals surface area contributed by atoms with Gasteiger partial charge in [-0.25, -0.2) is 40.9 Å². The average Bonchev–Trinajstić information content (AvgIpc) is 2.96. The van der Waals surface area contributed by atoms with Crippen LogP contribution >= 0.6 is 0 Å². The molecule has 0 radical (unpaired) electrons. The molecular formula is C29H27F3N6O4S. The van der Waals surface area contributed by atoms with Crippen LogP contribution in [0.4, 0.5) is 19.0 Å². The van der Waals surface area contributed by atoms with Crippen molar-refractivity contribution in [3.8, 4) is 16.9 Å². The van der Waals surface area contributed by atoms with Crippen LogP contribution in [0.25, 0.3) is 28.0 Å². The molecule has 0 unspecified atom stereocenters. The third kappa shape index (κ3) is 5.15. The number of rotatable bonds is 6. The smallest absolute Gasteiger partial charge is 0.350 e. The Morgan fingerprint density at radius 2 is 1.77 bits per heavy atom. The SMILES string of the molecule is C=CC(=O)N1CCN(c2nc(=O)n(-c3cccnc3S(=O)(=O)C(C)C)c3nc(-c4c(F)cccc4F)c(F)cc23)[C@@H](C)C1. The minimum atomic E-state index is -4.06. The largest absolute Gasteiger partial charge is 0.355 e. The molecule has 0 saturated carbocycles. The molecule has 1 atom stereocenters. The van der Waals surface area contributed by atoms with Gasteiger partial charge in [0.2, 0.25) is 5.91 Å². The van der Waals surface area contributed by atoms with Gasteiger partial charge in [0.25, 0.3) is 0 Å². The van der Waals surface area contributed by atoms with E-state index >= 15 is 4.39 Å². The first-order valence-corrected chi connectivity index (χ1v) is 14.9. The van der Waals surface area contributed by atoms with Crippen molar-refractivity contribution >= 4 is 32.6 Å². The van der Waals surface area contributed by atoms with Gasteiger partial charge in [-0.15, -0.1) is 0 Å². The molecule has 1 amide bonds. The van der Waals surface area contributed by atoms with E-state index in [4.69, 9.17) is 0 Å². The summed E-state index contributed by atoms with van der Waals surface area (Å²) in [5.41, 5.74) is -2.96. The van der Waals surface area contributed by atoms with Crippen LogP contribution in [0.1, 0.15) is 20.8 Å². The molecule has 5 rings (SSSR count). The Kier molecular flexibility index (Phi) is 7.82. The highest BCUT2D eigenvalue weighted by molar-refractivity contribution is 7.92. The summed E-state index contributed by atoms with van der Waals surface area (Å²) in [6.07, 6.45) is 2.43. The summed E-state index contributed by atoms with van der Waals surface area (Å²) in [5.74, 6) is -3.54. The Morgan fingerprint density at radius 3 is 2.40 bits per heavy atom. The van der Waals surface area contributed by atoms with Gasteiger partial charge in [0.1, 0.15) is 23.1 Å². The van der Waals surface area contributed by atoms with Crippen LogP contribution in [0.15, 0.2) is 65.1 Å². The molecule has 0 bridgehead atoms. The first kappa shape index (κ1) is 29.9. The summed E-state index contributed by atoms with van der Waals surface area (Å²) in [7, 11) is -4.06. The molecule has 1 saturated heterocycles. The molecule has 43 heavy (non-hydrogen) atoms. The molecule has 3 aromatic heterocycles. The highest BCUT2D eigenvalue weighted by Gasteiger charge is 2.32. The number of halogens is 3. The second kappa shape index (κ2) is 11.2. The van der Waals surface area contributed by atoms with E-state index in [2.05, 4.69) is 21.5 Å². The molecule has 10 nitrogen and oxygen atoms in total. The third-order valence-electron chi connectivity index (χ3n) is 7.27. The number of pyridine rings is 2. The summed E-state index contributed by atoms with van der Waals surface area (Å²) < 4.78 is 72.7. The summed E-state index contributed by atoms with van der Waals surface area (Å²) in [5, 5.41) is -1.39. The highest BCUT2D eigenvalue weighted by atomic mass is 32.2. The van der Waals surface area contributed by atoms with Crippen molar-refractivity contribution < 1.29 is 26.4 Å². The van der Waals surface area contributed by atoms with Crippen LogP contribution in [0, 0.1) is 17.5 Å². The number of sulfone groups is 1. The van der Waals surface area contributed by atoms with Gasteiger partial charge in [-0.2, -0.15) is 4.98 Å². The van der Waals surface area contributed by atoms with E-state index in [9.17, 15) is 26.8 Å². The number of fused-ring (bicyclic) bond motifs is 1. The Hall–Kier alpha value is -4.59. The van der Waals surface area contributed by atoms with Crippen LogP contribution in [0.2, 0.25) is 0 Å². The van der Waals surface area contributed by atoms with Gasteiger partial charge in [0, 0.05) is 31.9 Å². The molecule has 4 heterocycles. The van der Waals surface area contributed by atoms with Crippen LogP contribution in [0.5, 0.6) is 0 Å². The maximum absolute atomic E-state index is 15.7. The number of carbonyl (C=O) groups is 1. The second-order valence-electron chi connectivity index (χ2n) is 10.3. The van der Waals surface area contributed by atoms with Crippen LogP contribution < -0.4 is 10.6 Å². The zero-order valence-corrected chi connectivity index (χ0v) is 24.3. The van der Waals surface area contributed by atoms with Crippen molar-refractivity contribution in [3.05, 3.63) is 83.2 Å². The predicted molar refractivity (Wildman–Crippen MR) is 154 cm³/mol. The van der Waals surface area contributed by atoms with Crippen molar-refractivity contribution in [2.45, 2.75) is 37.1 Å². The molecule has 1 aliphatic heterocycles. The summed E-state index contributed by atoms with van der Waals surface area (Å²) >= 11 is 0. The molecule has 1 fully saturated rings. The number of carbonyl (C=O) groups excluding carboxylic acids is 1. The van der Waals surface area contributed by atoms with Gasteiger partial charge in [-0.1, -0.05) is 12.6 Å². The highest BCUT2D eigenvalue weighted by Crippen LogP contribution is 2.34. The molecule has 14 heteroatoms. The number of hydrogen-bond acceptors (Lipinski definition) is 8. The maximum atomic E-state index is 15.7. The van der Waals surface area contributed by atoms with Gasteiger partial charge in [-0.3, -0.25) is 4.79 Å². The first-order chi connectivity index (χ1) is 20.4. The lowest BCUT2D eigenvalue weighted by molar-refractivity contribution is -0.126. The van der Waals surface area contributed by atoms with Gasteiger partial charge in [0.05, 0.1) is 21.9 Å². The minimum Gasteiger partial charge on any atom is -0.350 e. The van der Waals surface area contributed by atoms with Crippen molar-refractivity contribution in [2.75, 3.05) is 24.5 Å². The Morgan fingerprint density at radius 1 is 1.07 bits per heavy atom. The molecule has 0 spiro atoms. The minimum absolute atomic E-state index is 0.0126. The van der Waals surface area contributed by atoms with Gasteiger partial charge in [0.15, 0.2) is 26.3 Å². The standard InChI is InChI=1S/C29H27F3N6O4S/c1-5-23(39)36-12-13-37(17(4)15-36)26-18-14-21(32)25(24-19(30)8-6-9-20(24)31)34-27(18)38(29(40)35-26)22-10-7-11-33-28(22)43(41,42)16(2)3/h5-11,14,16-17H,1,12-13,15H2,2-4H3/t17-/m0/s1. The van der Waals surface area contributed by atoms with Crippen LogP contribution in [-0.4, -0.2) is 69.7 Å². The molecule has 224 valence electrons. The zero-order chi connectivity index (χ0) is 31.2. The fourth-order valence-corrected chi connectivity index (χ4v) is 6.14. The van der Waals surface area contributed by atoms with Crippen molar-refractivity contribution in [1.29, 1.82) is 0 Å². The number of piperazine rings is 1. The van der Waals surface area contributed by atoms with Crippen LogP contribution in [0.3, 0.4) is 0 Å². The lowest BCUT2D eigenvalue weighted by atomic mass is 10.1. The van der Waals surface area contributed by atoms with E-state index in [1.54, 1.807) is 16.7 Å². The molecule has 0 N–H and O–H groups in total. The maximum Gasteiger partial charge on any atom is 0.355 e. The Balaban J connectivity index is 1.84. The van der Waals surface area contributed by atoms with Crippen molar-refractivity contribution in [3.63, 3.8) is 0 Å². The Labute approximate surface area is 245 Å². The molecule has 1 aromatic carbocycles. The number of aromatic nitrogens is 4. The molecular weight excluding hydrogens is 585 g/mol. The number of hydrogen-bond donors (Lipinski definition) is 0. The Bertz CT molecular complexity index is 1930. The fourth-order valence-electron chi connectivity index (χ4n) is 5.04. The van der Waals surface area contributed by atoms with Crippen molar-refractivity contribution in [2.24, 2.45) is 0 Å². The van der Waals surface area contributed by atoms with E-state index in [0.717, 1.165) is 28.8 Å². The monoisotopic (exact) mass is 612 g/mol. The topological polar surface area (TPSA) is 118 Å². The number of nitrogens with zero attached hydrogens (tertiary/aromatic N) is 6. The number of benzene rings is 1. The lowest BCUT2D eigenvalue weighted by Crippen LogP contribution is -2.54. The normalized spacial score (nSPS) is 15.7. The van der Waals surface area contributed by atoms with E-state index in [1.807, 2.05) is 0 Å².